The molecule has 2 N–H and O–H groups in total. The van der Waals surface area contributed by atoms with Crippen LogP contribution in [-0.4, -0.2) is 40.0 Å². The third-order valence-corrected chi connectivity index (χ3v) is 7.07. The lowest BCUT2D eigenvalue weighted by Gasteiger charge is -2.31. The first-order chi connectivity index (χ1) is 14.3. The van der Waals surface area contributed by atoms with Gasteiger partial charge in [-0.1, -0.05) is 0 Å². The molecule has 1 amide bonds. The number of ether oxygens (including phenoxy) is 1. The molecule has 1 unspecified atom stereocenters. The predicted molar refractivity (Wildman–Crippen MR) is 118 cm³/mol. The predicted octanol–water partition coefficient (Wildman–Crippen LogP) is 4.56. The molecule has 2 aromatic rings. The summed E-state index contributed by atoms with van der Waals surface area (Å²) < 4.78 is 5.37. The molecular weight excluding hydrogens is 400 g/mol. The summed E-state index contributed by atoms with van der Waals surface area (Å²) in [5, 5.41) is 7.74. The van der Waals surface area contributed by atoms with Crippen molar-refractivity contribution in [1.29, 1.82) is 0 Å². The lowest BCUT2D eigenvalue weighted by Crippen LogP contribution is -2.42. The Morgan fingerprint density at radius 3 is 2.63 bits per heavy atom. The Hall–Kier alpha value is -2.22. The van der Waals surface area contributed by atoms with Gasteiger partial charge in [0.05, 0.1) is 5.39 Å². The topological polar surface area (TPSA) is 93.2 Å². The second-order valence-corrected chi connectivity index (χ2v) is 10.4. The average molecular weight is 431 g/mol. The smallest absolute Gasteiger partial charge is 0.407 e. The second kappa shape index (κ2) is 8.49. The zero-order valence-electron chi connectivity index (χ0n) is 17.9. The van der Waals surface area contributed by atoms with Crippen LogP contribution >= 0.6 is 11.3 Å². The number of carbonyl (C=O) groups is 2. The van der Waals surface area contributed by atoms with Gasteiger partial charge in [-0.3, -0.25) is 0 Å². The summed E-state index contributed by atoms with van der Waals surface area (Å²) in [5.74, 6) is 1.17. The number of hydrogen-bond acceptors (Lipinski definition) is 7. The van der Waals surface area contributed by atoms with Crippen molar-refractivity contribution in [2.45, 2.75) is 89.3 Å². The van der Waals surface area contributed by atoms with Crippen molar-refractivity contribution in [2.24, 2.45) is 0 Å². The fourth-order valence-corrected chi connectivity index (χ4v) is 5.82. The van der Waals surface area contributed by atoms with Crippen LogP contribution in [0.3, 0.4) is 0 Å². The number of thiophene rings is 1. The van der Waals surface area contributed by atoms with Gasteiger partial charge in [0.2, 0.25) is 0 Å². The van der Waals surface area contributed by atoms with Crippen LogP contribution in [0.2, 0.25) is 0 Å². The molecule has 8 heteroatoms. The van der Waals surface area contributed by atoms with Crippen LogP contribution in [0.25, 0.3) is 10.2 Å². The van der Waals surface area contributed by atoms with Gasteiger partial charge in [-0.2, -0.15) is 0 Å². The van der Waals surface area contributed by atoms with E-state index in [1.807, 2.05) is 20.8 Å². The van der Waals surface area contributed by atoms with Crippen LogP contribution in [0.4, 0.5) is 10.6 Å². The van der Waals surface area contributed by atoms with E-state index >= 15 is 0 Å². The first-order valence-electron chi connectivity index (χ1n) is 10.8. The van der Waals surface area contributed by atoms with Crippen LogP contribution in [0.15, 0.2) is 6.33 Å². The molecule has 1 atom stereocenters. The number of nitrogens with one attached hydrogen (secondary N) is 2. The number of anilines is 1. The summed E-state index contributed by atoms with van der Waals surface area (Å²) >= 11 is 1.74. The van der Waals surface area contributed by atoms with Crippen molar-refractivity contribution >= 4 is 39.8 Å². The van der Waals surface area contributed by atoms with Gasteiger partial charge in [-0.15, -0.1) is 11.3 Å². The van der Waals surface area contributed by atoms with Crippen molar-refractivity contribution in [1.82, 2.24) is 15.3 Å². The molecule has 0 bridgehead atoms. The number of carbonyl (C=O) groups excluding carboxylic acids is 2. The first kappa shape index (κ1) is 21.0. The van der Waals surface area contributed by atoms with Gasteiger partial charge in [-0.05, 0) is 70.8 Å². The monoisotopic (exact) mass is 430 g/mol. The minimum absolute atomic E-state index is 0.144. The molecule has 0 aliphatic heterocycles. The number of aryl methyl sites for hydroxylation is 1. The van der Waals surface area contributed by atoms with Crippen molar-refractivity contribution in [3.63, 3.8) is 0 Å². The molecule has 0 aromatic carbocycles. The quantitative estimate of drug-likeness (QED) is 0.676. The van der Waals surface area contributed by atoms with Crippen LogP contribution in [0.5, 0.6) is 0 Å². The summed E-state index contributed by atoms with van der Waals surface area (Å²) in [4.78, 5) is 34.6. The Bertz CT molecular complexity index is 928. The van der Waals surface area contributed by atoms with Gasteiger partial charge < -0.3 is 20.2 Å². The molecule has 162 valence electrons. The normalized spacial score (nSPS) is 23.8. The van der Waals surface area contributed by atoms with E-state index < -0.39 is 5.60 Å². The SMILES string of the molecule is CC(C)(C)OC(=O)NC1CCC(Nc2ncnc3sc4c(c23)C(CC=O)CC4)CC1. The van der Waals surface area contributed by atoms with E-state index in [0.29, 0.717) is 12.5 Å². The maximum atomic E-state index is 12.0. The molecule has 1 saturated carbocycles. The number of fused-ring (bicyclic) bond motifs is 3. The van der Waals surface area contributed by atoms with Crippen LogP contribution in [0, 0.1) is 0 Å². The molecule has 4 rings (SSSR count). The number of nitrogens with zero attached hydrogens (tertiary/aromatic N) is 2. The number of rotatable bonds is 5. The molecule has 7 nitrogen and oxygen atoms in total. The van der Waals surface area contributed by atoms with E-state index in [1.165, 1.54) is 10.4 Å². The van der Waals surface area contributed by atoms with Gasteiger partial charge >= 0.3 is 6.09 Å². The molecule has 1 fully saturated rings. The highest BCUT2D eigenvalue weighted by atomic mass is 32.1. The number of alkyl carbamates (subject to hydrolysis) is 1. The van der Waals surface area contributed by atoms with E-state index in [4.69, 9.17) is 4.74 Å². The Kier molecular flexibility index (Phi) is 5.95. The highest BCUT2D eigenvalue weighted by Gasteiger charge is 2.30. The van der Waals surface area contributed by atoms with Gasteiger partial charge in [0.1, 0.15) is 28.9 Å². The van der Waals surface area contributed by atoms with Crippen molar-refractivity contribution in [2.75, 3.05) is 5.32 Å². The molecule has 0 spiro atoms. The summed E-state index contributed by atoms with van der Waals surface area (Å²) in [5.41, 5.74) is 0.800. The molecule has 2 aliphatic carbocycles. The number of hydrogen-bond donors (Lipinski definition) is 2. The fourth-order valence-electron chi connectivity index (χ4n) is 4.58. The lowest BCUT2D eigenvalue weighted by atomic mass is 9.91. The highest BCUT2D eigenvalue weighted by Crippen LogP contribution is 2.46. The maximum Gasteiger partial charge on any atom is 0.407 e. The summed E-state index contributed by atoms with van der Waals surface area (Å²) in [6.45, 7) is 5.62. The van der Waals surface area contributed by atoms with Crippen molar-refractivity contribution in [3.05, 3.63) is 16.8 Å². The highest BCUT2D eigenvalue weighted by molar-refractivity contribution is 7.19. The van der Waals surface area contributed by atoms with E-state index in [9.17, 15) is 9.59 Å². The van der Waals surface area contributed by atoms with Crippen LogP contribution < -0.4 is 10.6 Å². The summed E-state index contributed by atoms with van der Waals surface area (Å²) in [6, 6.07) is 0.451. The third-order valence-electron chi connectivity index (χ3n) is 5.90. The maximum absolute atomic E-state index is 12.0. The van der Waals surface area contributed by atoms with Gasteiger partial charge in [0.25, 0.3) is 0 Å². The molecule has 30 heavy (non-hydrogen) atoms. The fraction of sp³-hybridized carbons (Fsp3) is 0.636. The number of aromatic nitrogens is 2. The Balaban J connectivity index is 1.41. The molecular formula is C22H30N4O3S. The molecule has 2 aromatic heterocycles. The van der Waals surface area contributed by atoms with Gasteiger partial charge in [0.15, 0.2) is 0 Å². The zero-order valence-corrected chi connectivity index (χ0v) is 18.7. The molecule has 2 heterocycles. The van der Waals surface area contributed by atoms with E-state index in [1.54, 1.807) is 17.7 Å². The van der Waals surface area contributed by atoms with Gasteiger partial charge in [-0.25, -0.2) is 14.8 Å². The minimum atomic E-state index is -0.482. The Morgan fingerprint density at radius 2 is 1.93 bits per heavy atom. The van der Waals surface area contributed by atoms with Crippen molar-refractivity contribution < 1.29 is 14.3 Å². The number of amides is 1. The van der Waals surface area contributed by atoms with Crippen LogP contribution in [0.1, 0.15) is 75.7 Å². The standard InChI is InChI=1S/C22H30N4O3S/c1-22(2,3)29-21(28)26-15-7-5-14(6-8-15)25-19-18-17-13(10-11-27)4-9-16(17)30-20(18)24-12-23-19/h11-15H,4-10H2,1-3H3,(H,26,28)(H,23,24,25). The Labute approximate surface area is 181 Å². The van der Waals surface area contributed by atoms with Crippen LogP contribution in [-0.2, 0) is 16.0 Å². The average Bonchev–Trinajstić information content (AvgIpc) is 3.22. The van der Waals surface area contributed by atoms with E-state index in [2.05, 4.69) is 20.6 Å². The van der Waals surface area contributed by atoms with E-state index in [0.717, 1.165) is 60.8 Å². The molecule has 2 aliphatic rings. The summed E-state index contributed by atoms with van der Waals surface area (Å²) in [6.07, 6.45) is 8.65. The zero-order chi connectivity index (χ0) is 21.3. The van der Waals surface area contributed by atoms with E-state index in [-0.39, 0.29) is 18.1 Å². The van der Waals surface area contributed by atoms with Gasteiger partial charge in [0, 0.05) is 23.4 Å². The largest absolute Gasteiger partial charge is 0.444 e. The second-order valence-electron chi connectivity index (χ2n) is 9.32. The van der Waals surface area contributed by atoms with Crippen molar-refractivity contribution in [3.8, 4) is 0 Å². The minimum Gasteiger partial charge on any atom is -0.444 e. The first-order valence-corrected chi connectivity index (χ1v) is 11.6. The molecule has 0 radical (unpaired) electrons. The molecule has 0 saturated heterocycles. The summed E-state index contributed by atoms with van der Waals surface area (Å²) in [7, 11) is 0. The third kappa shape index (κ3) is 4.58. The lowest BCUT2D eigenvalue weighted by molar-refractivity contribution is -0.108. The Morgan fingerprint density at radius 1 is 1.20 bits per heavy atom. The number of aldehydes is 1.